The summed E-state index contributed by atoms with van der Waals surface area (Å²) in [4.78, 5) is 16.6. The SMILES string of the molecule is COc1ncc(Cl)cc1NC[C@H]1CC[C@H](NC(=O)c2cc(C(F)(F)F)ccc2Cl)CC1. The summed E-state index contributed by atoms with van der Waals surface area (Å²) in [7, 11) is 1.53. The predicted octanol–water partition coefficient (Wildman–Crippen LogP) is 5.82. The van der Waals surface area contributed by atoms with E-state index >= 15 is 0 Å². The van der Waals surface area contributed by atoms with Gasteiger partial charge in [-0.05, 0) is 55.9 Å². The van der Waals surface area contributed by atoms with E-state index in [2.05, 4.69) is 15.6 Å². The standard InChI is InChI=1S/C21H22Cl2F3N3O2/c1-31-20-18(9-14(22)11-28-20)27-10-12-2-5-15(6-3-12)29-19(30)16-8-13(21(24,25)26)4-7-17(16)23/h4,7-9,11-12,15,27H,2-3,5-6,10H2,1H3,(H,29,30)/t12-,15-. The molecule has 1 saturated carbocycles. The first-order chi connectivity index (χ1) is 14.7. The number of nitrogens with one attached hydrogen (secondary N) is 2. The monoisotopic (exact) mass is 475 g/mol. The van der Waals surface area contributed by atoms with Crippen molar-refractivity contribution in [2.24, 2.45) is 5.92 Å². The number of anilines is 1. The first-order valence-electron chi connectivity index (χ1n) is 9.78. The number of halogens is 5. The minimum absolute atomic E-state index is 0.00698. The lowest BCUT2D eigenvalue weighted by atomic mass is 9.86. The fourth-order valence-electron chi connectivity index (χ4n) is 3.62. The molecule has 0 atom stereocenters. The highest BCUT2D eigenvalue weighted by Crippen LogP contribution is 2.32. The van der Waals surface area contributed by atoms with E-state index in [4.69, 9.17) is 27.9 Å². The Kier molecular flexibility index (Phi) is 7.54. The van der Waals surface area contributed by atoms with Gasteiger partial charge in [-0.15, -0.1) is 0 Å². The van der Waals surface area contributed by atoms with Crippen LogP contribution in [0.2, 0.25) is 10.0 Å². The summed E-state index contributed by atoms with van der Waals surface area (Å²) in [5.74, 6) is 0.240. The fraction of sp³-hybridized carbons (Fsp3) is 0.429. The summed E-state index contributed by atoms with van der Waals surface area (Å²) in [6, 6.07) is 4.39. The highest BCUT2D eigenvalue weighted by Gasteiger charge is 2.32. The smallest absolute Gasteiger partial charge is 0.416 e. The number of rotatable bonds is 6. The Morgan fingerprint density at radius 1 is 1.19 bits per heavy atom. The number of carbonyl (C=O) groups is 1. The molecule has 1 aliphatic rings. The van der Waals surface area contributed by atoms with Gasteiger partial charge in [0.15, 0.2) is 0 Å². The van der Waals surface area contributed by atoms with Gasteiger partial charge in [0.1, 0.15) is 0 Å². The number of ether oxygens (including phenoxy) is 1. The Bertz CT molecular complexity index is 933. The normalized spacial score (nSPS) is 19.0. The maximum atomic E-state index is 12.9. The van der Waals surface area contributed by atoms with Crippen LogP contribution in [0.5, 0.6) is 5.88 Å². The van der Waals surface area contributed by atoms with E-state index < -0.39 is 17.6 Å². The van der Waals surface area contributed by atoms with Gasteiger partial charge < -0.3 is 15.4 Å². The number of carbonyl (C=O) groups excluding carboxylic acids is 1. The molecule has 0 bridgehead atoms. The lowest BCUT2D eigenvalue weighted by Gasteiger charge is -2.29. The van der Waals surface area contributed by atoms with E-state index in [1.807, 2.05) is 0 Å². The lowest BCUT2D eigenvalue weighted by Crippen LogP contribution is -2.38. The topological polar surface area (TPSA) is 63.2 Å². The van der Waals surface area contributed by atoms with Gasteiger partial charge in [-0.2, -0.15) is 13.2 Å². The van der Waals surface area contributed by atoms with E-state index in [1.54, 1.807) is 6.07 Å². The second kappa shape index (κ2) is 9.96. The minimum Gasteiger partial charge on any atom is -0.480 e. The Labute approximate surface area is 188 Å². The largest absolute Gasteiger partial charge is 0.480 e. The summed E-state index contributed by atoms with van der Waals surface area (Å²) in [5.41, 5.74) is -0.354. The molecule has 10 heteroatoms. The van der Waals surface area contributed by atoms with Crippen LogP contribution in [0.25, 0.3) is 0 Å². The molecule has 1 aromatic carbocycles. The van der Waals surface area contributed by atoms with Crippen molar-refractivity contribution in [1.82, 2.24) is 10.3 Å². The molecule has 1 amide bonds. The molecule has 1 heterocycles. The van der Waals surface area contributed by atoms with Crippen LogP contribution in [-0.4, -0.2) is 30.6 Å². The van der Waals surface area contributed by atoms with Gasteiger partial charge in [0.25, 0.3) is 5.91 Å². The number of methoxy groups -OCH3 is 1. The average molecular weight is 476 g/mol. The zero-order chi connectivity index (χ0) is 22.6. The van der Waals surface area contributed by atoms with Crippen molar-refractivity contribution >= 4 is 34.8 Å². The summed E-state index contributed by atoms with van der Waals surface area (Å²) < 4.78 is 44.0. The number of pyridine rings is 1. The molecule has 31 heavy (non-hydrogen) atoms. The van der Waals surface area contributed by atoms with Gasteiger partial charge in [0.2, 0.25) is 5.88 Å². The maximum absolute atomic E-state index is 12.9. The summed E-state index contributed by atoms with van der Waals surface area (Å²) in [6.45, 7) is 0.693. The van der Waals surface area contributed by atoms with Crippen molar-refractivity contribution < 1.29 is 22.7 Å². The number of hydrogen-bond donors (Lipinski definition) is 2. The number of amides is 1. The van der Waals surface area contributed by atoms with Crippen molar-refractivity contribution in [1.29, 1.82) is 0 Å². The van der Waals surface area contributed by atoms with E-state index in [1.165, 1.54) is 13.3 Å². The lowest BCUT2D eigenvalue weighted by molar-refractivity contribution is -0.137. The first kappa shape index (κ1) is 23.5. The second-order valence-electron chi connectivity index (χ2n) is 7.47. The van der Waals surface area contributed by atoms with Crippen LogP contribution in [0.3, 0.4) is 0 Å². The van der Waals surface area contributed by atoms with E-state index in [9.17, 15) is 18.0 Å². The van der Waals surface area contributed by atoms with Crippen molar-refractivity contribution in [3.63, 3.8) is 0 Å². The van der Waals surface area contributed by atoms with Crippen molar-refractivity contribution in [2.75, 3.05) is 19.0 Å². The Morgan fingerprint density at radius 3 is 2.55 bits per heavy atom. The molecule has 1 fully saturated rings. The molecule has 2 N–H and O–H groups in total. The molecule has 1 aliphatic carbocycles. The van der Waals surface area contributed by atoms with Gasteiger partial charge in [-0.3, -0.25) is 4.79 Å². The predicted molar refractivity (Wildman–Crippen MR) is 114 cm³/mol. The number of nitrogens with zero attached hydrogens (tertiary/aromatic N) is 1. The van der Waals surface area contributed by atoms with E-state index in [0.717, 1.165) is 43.9 Å². The molecule has 0 radical (unpaired) electrons. The molecular formula is C21H22Cl2F3N3O2. The Balaban J connectivity index is 1.53. The first-order valence-corrected chi connectivity index (χ1v) is 10.5. The highest BCUT2D eigenvalue weighted by molar-refractivity contribution is 6.33. The molecule has 0 saturated heterocycles. The van der Waals surface area contributed by atoms with Crippen molar-refractivity contribution in [2.45, 2.75) is 37.9 Å². The van der Waals surface area contributed by atoms with E-state index in [-0.39, 0.29) is 16.6 Å². The van der Waals surface area contributed by atoms with Crippen LogP contribution in [0.1, 0.15) is 41.6 Å². The quantitative estimate of drug-likeness (QED) is 0.552. The van der Waals surface area contributed by atoms with Crippen LogP contribution < -0.4 is 15.4 Å². The maximum Gasteiger partial charge on any atom is 0.416 e. The number of aromatic nitrogens is 1. The molecular weight excluding hydrogens is 454 g/mol. The summed E-state index contributed by atoms with van der Waals surface area (Å²) in [5, 5.41) is 6.61. The van der Waals surface area contributed by atoms with Crippen LogP contribution in [0, 0.1) is 5.92 Å². The molecule has 168 valence electrons. The van der Waals surface area contributed by atoms with Gasteiger partial charge in [-0.1, -0.05) is 23.2 Å². The minimum atomic E-state index is -4.54. The molecule has 0 aliphatic heterocycles. The molecule has 0 unspecified atom stereocenters. The van der Waals surface area contributed by atoms with Crippen molar-refractivity contribution in [3.05, 3.63) is 51.6 Å². The fourth-order valence-corrected chi connectivity index (χ4v) is 3.98. The zero-order valence-electron chi connectivity index (χ0n) is 16.7. The van der Waals surface area contributed by atoms with Crippen LogP contribution in [-0.2, 0) is 6.18 Å². The third-order valence-corrected chi connectivity index (χ3v) is 5.85. The number of benzene rings is 1. The molecule has 5 nitrogen and oxygen atoms in total. The van der Waals surface area contributed by atoms with Crippen LogP contribution >= 0.6 is 23.2 Å². The second-order valence-corrected chi connectivity index (χ2v) is 8.32. The average Bonchev–Trinajstić information content (AvgIpc) is 2.72. The van der Waals surface area contributed by atoms with E-state index in [0.29, 0.717) is 29.1 Å². The molecule has 2 aromatic rings. The summed E-state index contributed by atoms with van der Waals surface area (Å²) >= 11 is 11.9. The highest BCUT2D eigenvalue weighted by atomic mass is 35.5. The Hall–Kier alpha value is -2.19. The molecule has 3 rings (SSSR count). The third-order valence-electron chi connectivity index (χ3n) is 5.31. The number of hydrogen-bond acceptors (Lipinski definition) is 4. The van der Waals surface area contributed by atoms with Crippen LogP contribution in [0.4, 0.5) is 18.9 Å². The third kappa shape index (κ3) is 6.17. The zero-order valence-corrected chi connectivity index (χ0v) is 18.2. The van der Waals surface area contributed by atoms with Crippen molar-refractivity contribution in [3.8, 4) is 5.88 Å². The van der Waals surface area contributed by atoms with Crippen LogP contribution in [0.15, 0.2) is 30.5 Å². The Morgan fingerprint density at radius 2 is 1.90 bits per heavy atom. The number of alkyl halides is 3. The molecule has 0 spiro atoms. The summed E-state index contributed by atoms with van der Waals surface area (Å²) in [6.07, 6.45) is 0.121. The van der Waals surface area contributed by atoms with Gasteiger partial charge in [0.05, 0.1) is 34.0 Å². The van der Waals surface area contributed by atoms with Gasteiger partial charge >= 0.3 is 6.18 Å². The molecule has 1 aromatic heterocycles. The van der Waals surface area contributed by atoms with Gasteiger partial charge in [-0.25, -0.2) is 4.98 Å². The van der Waals surface area contributed by atoms with Gasteiger partial charge in [0, 0.05) is 18.8 Å².